The van der Waals surface area contributed by atoms with Crippen molar-refractivity contribution in [2.45, 2.75) is 26.2 Å². The summed E-state index contributed by atoms with van der Waals surface area (Å²) in [7, 11) is 0. The topological polar surface area (TPSA) is 78.4 Å². The molecule has 0 bridgehead atoms. The molecule has 0 aromatic heterocycles. The number of urea groups is 1. The van der Waals surface area contributed by atoms with Gasteiger partial charge in [-0.3, -0.25) is 0 Å². The van der Waals surface area contributed by atoms with Crippen molar-refractivity contribution in [2.75, 3.05) is 11.9 Å². The van der Waals surface area contributed by atoms with Crippen LogP contribution in [0.15, 0.2) is 30.3 Å². The van der Waals surface area contributed by atoms with Crippen molar-refractivity contribution in [1.29, 1.82) is 0 Å². The first-order valence-corrected chi connectivity index (χ1v) is 6.67. The van der Waals surface area contributed by atoms with E-state index in [4.69, 9.17) is 5.11 Å². The minimum absolute atomic E-state index is 0.227. The molecule has 5 heteroatoms. The number of benzene rings is 1. The summed E-state index contributed by atoms with van der Waals surface area (Å²) < 4.78 is 0. The molecule has 3 N–H and O–H groups in total. The van der Waals surface area contributed by atoms with Gasteiger partial charge in [0.05, 0.1) is 0 Å². The summed E-state index contributed by atoms with van der Waals surface area (Å²) in [6, 6.07) is 6.72. The fourth-order valence-corrected chi connectivity index (χ4v) is 1.60. The molecule has 0 aliphatic carbocycles. The molecule has 2 amide bonds. The van der Waals surface area contributed by atoms with Crippen molar-refractivity contribution in [3.8, 4) is 0 Å². The number of unbranched alkanes of at least 4 members (excludes halogenated alkanes) is 2. The Morgan fingerprint density at radius 1 is 1.20 bits per heavy atom. The van der Waals surface area contributed by atoms with Gasteiger partial charge in [0.25, 0.3) is 0 Å². The number of carbonyl (C=O) groups excluding carboxylic acids is 1. The average molecular weight is 276 g/mol. The third-order valence-corrected chi connectivity index (χ3v) is 2.65. The van der Waals surface area contributed by atoms with Crippen LogP contribution in [0.1, 0.15) is 31.7 Å². The van der Waals surface area contributed by atoms with E-state index in [2.05, 4.69) is 17.6 Å². The van der Waals surface area contributed by atoms with Crippen LogP contribution in [0.25, 0.3) is 6.08 Å². The Bertz CT molecular complexity index is 467. The fourth-order valence-electron chi connectivity index (χ4n) is 1.60. The van der Waals surface area contributed by atoms with Crippen molar-refractivity contribution in [3.63, 3.8) is 0 Å². The first-order chi connectivity index (χ1) is 9.61. The van der Waals surface area contributed by atoms with E-state index < -0.39 is 5.97 Å². The predicted molar refractivity (Wildman–Crippen MR) is 79.7 cm³/mol. The van der Waals surface area contributed by atoms with Crippen molar-refractivity contribution in [3.05, 3.63) is 35.9 Å². The number of aliphatic carboxylic acids is 1. The van der Waals surface area contributed by atoms with E-state index in [1.54, 1.807) is 24.3 Å². The maximum atomic E-state index is 11.6. The second-order valence-corrected chi connectivity index (χ2v) is 4.38. The smallest absolute Gasteiger partial charge is 0.328 e. The van der Waals surface area contributed by atoms with E-state index in [0.29, 0.717) is 12.2 Å². The van der Waals surface area contributed by atoms with E-state index >= 15 is 0 Å². The lowest BCUT2D eigenvalue weighted by Crippen LogP contribution is -2.29. The Kier molecular flexibility index (Phi) is 6.89. The lowest BCUT2D eigenvalue weighted by Gasteiger charge is -2.07. The Hall–Kier alpha value is -2.30. The summed E-state index contributed by atoms with van der Waals surface area (Å²) in [5.41, 5.74) is 1.44. The highest BCUT2D eigenvalue weighted by molar-refractivity contribution is 5.89. The van der Waals surface area contributed by atoms with Gasteiger partial charge in [-0.1, -0.05) is 31.9 Å². The van der Waals surface area contributed by atoms with E-state index in [1.165, 1.54) is 6.08 Å². The van der Waals surface area contributed by atoms with Gasteiger partial charge in [-0.25, -0.2) is 9.59 Å². The molecular formula is C15H20N2O3. The summed E-state index contributed by atoms with van der Waals surface area (Å²) in [6.07, 6.45) is 5.77. The van der Waals surface area contributed by atoms with E-state index in [0.717, 1.165) is 30.9 Å². The zero-order chi connectivity index (χ0) is 14.8. The van der Waals surface area contributed by atoms with Gasteiger partial charge in [0, 0.05) is 18.3 Å². The van der Waals surface area contributed by atoms with Gasteiger partial charge in [0.15, 0.2) is 0 Å². The molecule has 0 saturated carbocycles. The summed E-state index contributed by atoms with van der Waals surface area (Å²) >= 11 is 0. The highest BCUT2D eigenvalue weighted by atomic mass is 16.4. The van der Waals surface area contributed by atoms with Gasteiger partial charge in [0.2, 0.25) is 0 Å². The van der Waals surface area contributed by atoms with Crippen LogP contribution in [0.4, 0.5) is 10.5 Å². The van der Waals surface area contributed by atoms with Crippen molar-refractivity contribution >= 4 is 23.8 Å². The Labute approximate surface area is 118 Å². The largest absolute Gasteiger partial charge is 0.478 e. The highest BCUT2D eigenvalue weighted by Gasteiger charge is 2.00. The minimum Gasteiger partial charge on any atom is -0.478 e. The molecule has 0 saturated heterocycles. The van der Waals surface area contributed by atoms with Crippen molar-refractivity contribution in [1.82, 2.24) is 5.32 Å². The summed E-state index contributed by atoms with van der Waals surface area (Å²) in [6.45, 7) is 2.78. The van der Waals surface area contributed by atoms with E-state index in [9.17, 15) is 9.59 Å². The van der Waals surface area contributed by atoms with Crippen molar-refractivity contribution < 1.29 is 14.7 Å². The third kappa shape index (κ3) is 6.58. The average Bonchev–Trinajstić information content (AvgIpc) is 2.43. The number of carboxylic acid groups (broad SMARTS) is 1. The van der Waals surface area contributed by atoms with Crippen molar-refractivity contribution in [2.24, 2.45) is 0 Å². The fraction of sp³-hybridized carbons (Fsp3) is 0.333. The molecule has 0 aliphatic heterocycles. The third-order valence-electron chi connectivity index (χ3n) is 2.65. The van der Waals surface area contributed by atoms with Gasteiger partial charge in [-0.15, -0.1) is 0 Å². The van der Waals surface area contributed by atoms with Crippen LogP contribution < -0.4 is 10.6 Å². The normalized spacial score (nSPS) is 10.4. The quantitative estimate of drug-likeness (QED) is 0.529. The molecule has 0 spiro atoms. The van der Waals surface area contributed by atoms with E-state index in [-0.39, 0.29) is 6.03 Å². The maximum absolute atomic E-state index is 11.6. The van der Waals surface area contributed by atoms with Gasteiger partial charge < -0.3 is 15.7 Å². The molecule has 0 aliphatic rings. The molecule has 20 heavy (non-hydrogen) atoms. The lowest BCUT2D eigenvalue weighted by atomic mass is 10.2. The molecule has 0 heterocycles. The van der Waals surface area contributed by atoms with Crippen LogP contribution in [-0.4, -0.2) is 23.7 Å². The monoisotopic (exact) mass is 276 g/mol. The molecule has 5 nitrogen and oxygen atoms in total. The Morgan fingerprint density at radius 2 is 1.90 bits per heavy atom. The maximum Gasteiger partial charge on any atom is 0.328 e. The van der Waals surface area contributed by atoms with Crippen LogP contribution >= 0.6 is 0 Å². The van der Waals surface area contributed by atoms with Crippen LogP contribution in [0.3, 0.4) is 0 Å². The second-order valence-electron chi connectivity index (χ2n) is 4.38. The first-order valence-electron chi connectivity index (χ1n) is 6.67. The van der Waals surface area contributed by atoms with Crippen LogP contribution in [0.5, 0.6) is 0 Å². The molecule has 1 rings (SSSR count). The zero-order valence-corrected chi connectivity index (χ0v) is 11.6. The number of anilines is 1. The standard InChI is InChI=1S/C15H20N2O3/c1-2-3-4-11-16-15(20)17-13-8-5-12(6-9-13)7-10-14(18)19/h5-10H,2-4,11H2,1H3,(H,18,19)(H2,16,17,20)/b10-7+. The summed E-state index contributed by atoms with van der Waals surface area (Å²) in [5.74, 6) is -0.987. The summed E-state index contributed by atoms with van der Waals surface area (Å²) in [5, 5.41) is 14.0. The van der Waals surface area contributed by atoms with Gasteiger partial charge in [-0.2, -0.15) is 0 Å². The van der Waals surface area contributed by atoms with Crippen LogP contribution in [-0.2, 0) is 4.79 Å². The minimum atomic E-state index is -0.987. The zero-order valence-electron chi connectivity index (χ0n) is 11.6. The molecule has 0 atom stereocenters. The number of amides is 2. The number of nitrogens with one attached hydrogen (secondary N) is 2. The number of hydrogen-bond donors (Lipinski definition) is 3. The molecule has 0 unspecified atom stereocenters. The SMILES string of the molecule is CCCCCNC(=O)Nc1ccc(/C=C/C(=O)O)cc1. The van der Waals surface area contributed by atoms with E-state index in [1.807, 2.05) is 0 Å². The number of hydrogen-bond acceptors (Lipinski definition) is 2. The Morgan fingerprint density at radius 3 is 2.50 bits per heavy atom. The van der Waals surface area contributed by atoms with Gasteiger partial charge in [-0.05, 0) is 30.2 Å². The first kappa shape index (κ1) is 15.8. The molecular weight excluding hydrogens is 256 g/mol. The Balaban J connectivity index is 2.41. The number of rotatable bonds is 7. The molecule has 1 aromatic carbocycles. The lowest BCUT2D eigenvalue weighted by molar-refractivity contribution is -0.131. The van der Waals surface area contributed by atoms with Crippen LogP contribution in [0, 0.1) is 0 Å². The molecule has 1 aromatic rings. The molecule has 0 radical (unpaired) electrons. The highest BCUT2D eigenvalue weighted by Crippen LogP contribution is 2.10. The summed E-state index contributed by atoms with van der Waals surface area (Å²) in [4.78, 5) is 21.9. The van der Waals surface area contributed by atoms with Crippen LogP contribution in [0.2, 0.25) is 0 Å². The van der Waals surface area contributed by atoms with Gasteiger partial charge >= 0.3 is 12.0 Å². The second kappa shape index (κ2) is 8.74. The number of carbonyl (C=O) groups is 2. The predicted octanol–water partition coefficient (Wildman–Crippen LogP) is 3.10. The molecule has 108 valence electrons. The van der Waals surface area contributed by atoms with Gasteiger partial charge in [0.1, 0.15) is 0 Å². The molecule has 0 fully saturated rings. The number of carboxylic acids is 1.